The quantitative estimate of drug-likeness (QED) is 0.167. The van der Waals surface area contributed by atoms with Gasteiger partial charge in [0.15, 0.2) is 0 Å². The number of thiol groups is 1. The zero-order chi connectivity index (χ0) is 19.6. The summed E-state index contributed by atoms with van der Waals surface area (Å²) in [6.07, 6.45) is 5.09. The maximum Gasteiger partial charge on any atom is 0.306 e. The van der Waals surface area contributed by atoms with Gasteiger partial charge in [-0.25, -0.2) is 0 Å². The second kappa shape index (κ2) is 13.7. The molecule has 0 amide bonds. The Balaban J connectivity index is 1.94. The van der Waals surface area contributed by atoms with E-state index in [1.54, 1.807) is 23.5 Å². The minimum atomic E-state index is -0.108. The van der Waals surface area contributed by atoms with Gasteiger partial charge in [0.2, 0.25) is 0 Å². The molecule has 0 aromatic rings. The Bertz CT molecular complexity index is 626. The van der Waals surface area contributed by atoms with Crippen LogP contribution in [0.2, 0.25) is 0 Å². The van der Waals surface area contributed by atoms with Crippen molar-refractivity contribution in [3.05, 3.63) is 26.1 Å². The second-order valence-electron chi connectivity index (χ2n) is 5.24. The van der Waals surface area contributed by atoms with Crippen LogP contribution >= 0.6 is 95.0 Å². The van der Waals surface area contributed by atoms with E-state index < -0.39 is 0 Å². The van der Waals surface area contributed by atoms with Crippen molar-refractivity contribution in [2.75, 3.05) is 30.1 Å². The van der Waals surface area contributed by atoms with E-state index in [1.165, 1.54) is 44.7 Å². The molecule has 27 heavy (non-hydrogen) atoms. The Labute approximate surface area is 198 Å². The molecule has 0 N–H and O–H groups in total. The Morgan fingerprint density at radius 1 is 1.00 bits per heavy atom. The number of rotatable bonds is 11. The molecule has 152 valence electrons. The molecule has 0 atom stereocenters. The topological polar surface area (TPSA) is 26.3 Å². The predicted molar refractivity (Wildman–Crippen MR) is 140 cm³/mol. The first-order valence-corrected chi connectivity index (χ1v) is 15.7. The van der Waals surface area contributed by atoms with Crippen LogP contribution in [0.4, 0.5) is 0 Å². The monoisotopic (exact) mass is 516 g/mol. The maximum absolute atomic E-state index is 11.6. The van der Waals surface area contributed by atoms with Crippen molar-refractivity contribution in [2.45, 2.75) is 33.1 Å². The lowest BCUT2D eigenvalue weighted by Gasteiger charge is -2.04. The highest BCUT2D eigenvalue weighted by atomic mass is 32.3. The molecule has 0 aliphatic carbocycles. The third-order valence-electron chi connectivity index (χ3n) is 3.24. The average molecular weight is 517 g/mol. The van der Waals surface area contributed by atoms with Gasteiger partial charge in [0.05, 0.1) is 34.2 Å². The van der Waals surface area contributed by atoms with E-state index in [1.807, 2.05) is 65.7 Å². The highest BCUT2D eigenvalue weighted by Gasteiger charge is 2.29. The lowest BCUT2D eigenvalue weighted by Crippen LogP contribution is -2.04. The molecule has 2 heterocycles. The van der Waals surface area contributed by atoms with Gasteiger partial charge in [-0.15, -0.1) is 35.3 Å². The molecule has 2 aliphatic rings. The summed E-state index contributed by atoms with van der Waals surface area (Å²) < 4.78 is 11.9. The number of hydrogen-bond acceptors (Lipinski definition) is 10. The van der Waals surface area contributed by atoms with E-state index in [2.05, 4.69) is 25.8 Å². The molecule has 2 aliphatic heterocycles. The maximum atomic E-state index is 11.6. The Hall–Kier alpha value is 1.49. The van der Waals surface area contributed by atoms with E-state index in [9.17, 15) is 4.79 Å². The predicted octanol–water partition coefficient (Wildman–Crippen LogP) is 7.88. The first-order chi connectivity index (χ1) is 13.1. The third-order valence-corrected chi connectivity index (χ3v) is 13.8. The summed E-state index contributed by atoms with van der Waals surface area (Å²) in [7, 11) is 0. The minimum Gasteiger partial charge on any atom is -0.466 e. The lowest BCUT2D eigenvalue weighted by molar-refractivity contribution is -0.142. The van der Waals surface area contributed by atoms with E-state index in [0.29, 0.717) is 13.0 Å². The van der Waals surface area contributed by atoms with Crippen LogP contribution in [0.15, 0.2) is 26.1 Å². The van der Waals surface area contributed by atoms with Gasteiger partial charge < -0.3 is 4.74 Å². The zero-order valence-corrected chi connectivity index (χ0v) is 22.2. The number of esters is 1. The van der Waals surface area contributed by atoms with Crippen LogP contribution < -0.4 is 0 Å². The van der Waals surface area contributed by atoms with Gasteiger partial charge >= 0.3 is 5.97 Å². The summed E-state index contributed by atoms with van der Waals surface area (Å²) in [5.41, 5.74) is 0. The first-order valence-electron chi connectivity index (χ1n) is 8.62. The Morgan fingerprint density at radius 3 is 2.33 bits per heavy atom. The smallest absolute Gasteiger partial charge is 0.306 e. The first kappa shape index (κ1) is 24.8. The molecule has 0 saturated heterocycles. The summed E-state index contributed by atoms with van der Waals surface area (Å²) in [6, 6.07) is 0. The summed E-state index contributed by atoms with van der Waals surface area (Å²) >= 11 is 17.6. The summed E-state index contributed by atoms with van der Waals surface area (Å²) in [4.78, 5) is 12.9. The number of thioether (sulfide) groups is 7. The van der Waals surface area contributed by atoms with Crippen LogP contribution in [0.1, 0.15) is 33.1 Å². The highest BCUT2D eigenvalue weighted by molar-refractivity contribution is 8.43. The van der Waals surface area contributed by atoms with Gasteiger partial charge in [-0.1, -0.05) is 60.4 Å². The molecule has 0 bridgehead atoms. The van der Waals surface area contributed by atoms with Crippen molar-refractivity contribution in [2.24, 2.45) is 0 Å². The van der Waals surface area contributed by atoms with E-state index in [-0.39, 0.29) is 5.97 Å². The SMILES string of the molecule is CCCCSC1=C(CS)S/C(=C2/SC(SC)=C(SCCC(=O)OCC)S2)S1. The van der Waals surface area contributed by atoms with Crippen molar-refractivity contribution < 1.29 is 9.53 Å². The normalized spacial score (nSPS) is 20.1. The molecule has 0 unspecified atom stereocenters. The number of hydrogen-bond donors (Lipinski definition) is 1. The van der Waals surface area contributed by atoms with Crippen molar-refractivity contribution in [1.29, 1.82) is 0 Å². The molecule has 2 nitrogen and oxygen atoms in total. The van der Waals surface area contributed by atoms with Gasteiger partial charge in [-0.2, -0.15) is 12.6 Å². The molecular weight excluding hydrogens is 493 g/mol. The molecular formula is C17H24O2S8. The van der Waals surface area contributed by atoms with Crippen molar-refractivity contribution in [3.63, 3.8) is 0 Å². The molecule has 0 spiro atoms. The Kier molecular flexibility index (Phi) is 12.6. The zero-order valence-electron chi connectivity index (χ0n) is 15.6. The van der Waals surface area contributed by atoms with Crippen LogP contribution in [0.25, 0.3) is 0 Å². The van der Waals surface area contributed by atoms with Crippen LogP contribution in [0.3, 0.4) is 0 Å². The standard InChI is InChI=1S/C17H24O2S8/c1-4-6-8-22-13-11(10-20)24-16(25-13)17-26-14(21-3)15(27-17)23-9-7-12(18)19-5-2/h20H,4-10H2,1-3H3/b17-16+. The van der Waals surface area contributed by atoms with E-state index in [0.717, 1.165) is 11.5 Å². The van der Waals surface area contributed by atoms with Gasteiger partial charge in [0.1, 0.15) is 0 Å². The fourth-order valence-electron chi connectivity index (χ4n) is 1.94. The minimum absolute atomic E-state index is 0.108. The molecule has 10 heteroatoms. The summed E-state index contributed by atoms with van der Waals surface area (Å²) in [5, 5.41) is 0. The molecule has 0 fully saturated rings. The number of carbonyl (C=O) groups excluding carboxylic acids is 1. The van der Waals surface area contributed by atoms with Crippen molar-refractivity contribution in [1.82, 2.24) is 0 Å². The average Bonchev–Trinajstić information content (AvgIpc) is 3.26. The summed E-state index contributed by atoms with van der Waals surface area (Å²) in [6.45, 7) is 4.54. The highest BCUT2D eigenvalue weighted by Crippen LogP contribution is 2.64. The van der Waals surface area contributed by atoms with Crippen LogP contribution in [-0.2, 0) is 9.53 Å². The molecule has 0 radical (unpaired) electrons. The van der Waals surface area contributed by atoms with Crippen LogP contribution in [0.5, 0.6) is 0 Å². The number of carbonyl (C=O) groups is 1. The second-order valence-corrected chi connectivity index (χ2v) is 14.0. The Morgan fingerprint density at radius 2 is 1.67 bits per heavy atom. The molecule has 2 rings (SSSR count). The van der Waals surface area contributed by atoms with Crippen LogP contribution in [0, 0.1) is 0 Å². The van der Waals surface area contributed by atoms with E-state index >= 15 is 0 Å². The van der Waals surface area contributed by atoms with Gasteiger partial charge in [-0.05, 0) is 25.4 Å². The fraction of sp³-hybridized carbons (Fsp3) is 0.588. The fourth-order valence-corrected chi connectivity index (χ4v) is 12.5. The van der Waals surface area contributed by atoms with Crippen molar-refractivity contribution >= 4 is 101 Å². The van der Waals surface area contributed by atoms with E-state index in [4.69, 9.17) is 4.74 Å². The van der Waals surface area contributed by atoms with Gasteiger partial charge in [0.25, 0.3) is 0 Å². The molecule has 0 aromatic carbocycles. The van der Waals surface area contributed by atoms with Gasteiger partial charge in [-0.3, -0.25) is 4.79 Å². The molecule has 0 aromatic heterocycles. The third kappa shape index (κ3) is 7.92. The van der Waals surface area contributed by atoms with Crippen molar-refractivity contribution in [3.8, 4) is 0 Å². The molecule has 0 saturated carbocycles. The summed E-state index contributed by atoms with van der Waals surface area (Å²) in [5.74, 6) is 2.65. The van der Waals surface area contributed by atoms with Gasteiger partial charge in [0, 0.05) is 16.4 Å². The lowest BCUT2D eigenvalue weighted by atomic mass is 10.4. The number of ether oxygens (including phenoxy) is 1. The number of unbranched alkanes of at least 4 members (excludes halogenated alkanes) is 1. The van der Waals surface area contributed by atoms with Crippen LogP contribution in [-0.4, -0.2) is 36.1 Å². The largest absolute Gasteiger partial charge is 0.466 e.